The van der Waals surface area contributed by atoms with Crippen LogP contribution in [-0.2, 0) is 22.6 Å². The Balaban J connectivity index is 1.68. The van der Waals surface area contributed by atoms with E-state index < -0.39 is 6.10 Å². The van der Waals surface area contributed by atoms with E-state index in [-0.39, 0.29) is 11.8 Å². The molecule has 3 rings (SSSR count). The van der Waals surface area contributed by atoms with Gasteiger partial charge in [-0.2, -0.15) is 5.10 Å². The number of ether oxygens (including phenoxy) is 1. The minimum absolute atomic E-state index is 0.105. The van der Waals surface area contributed by atoms with Crippen molar-refractivity contribution in [2.24, 2.45) is 5.92 Å². The molecule has 1 aromatic rings. The highest BCUT2D eigenvalue weighted by Gasteiger charge is 2.29. The molecule has 21 heavy (non-hydrogen) atoms. The number of fused-ring (bicyclic) bond motifs is 1. The number of hydrogen-bond acceptors (Lipinski definition) is 4. The van der Waals surface area contributed by atoms with E-state index in [0.29, 0.717) is 45.0 Å². The molecule has 0 radical (unpaired) electrons. The van der Waals surface area contributed by atoms with Gasteiger partial charge in [-0.05, 0) is 25.3 Å². The average molecular weight is 293 g/mol. The molecule has 6 heteroatoms. The van der Waals surface area contributed by atoms with E-state index in [4.69, 9.17) is 4.74 Å². The number of carbonyl (C=O) groups excluding carboxylic acids is 1. The largest absolute Gasteiger partial charge is 0.387 e. The molecule has 0 saturated carbocycles. The van der Waals surface area contributed by atoms with Crippen LogP contribution in [0.2, 0.25) is 0 Å². The van der Waals surface area contributed by atoms with Gasteiger partial charge in [-0.25, -0.2) is 0 Å². The van der Waals surface area contributed by atoms with Crippen LogP contribution < -0.4 is 0 Å². The van der Waals surface area contributed by atoms with Crippen molar-refractivity contribution in [3.05, 3.63) is 17.5 Å². The summed E-state index contributed by atoms with van der Waals surface area (Å²) in [6.07, 6.45) is 1.80. The Morgan fingerprint density at radius 2 is 2.24 bits per heavy atom. The Morgan fingerprint density at radius 1 is 1.48 bits per heavy atom. The van der Waals surface area contributed by atoms with E-state index in [1.807, 2.05) is 22.6 Å². The van der Waals surface area contributed by atoms with E-state index in [1.165, 1.54) is 0 Å². The third-order valence-corrected chi connectivity index (χ3v) is 4.43. The van der Waals surface area contributed by atoms with Gasteiger partial charge in [0.05, 0.1) is 30.6 Å². The van der Waals surface area contributed by atoms with Crippen molar-refractivity contribution in [2.45, 2.75) is 45.4 Å². The zero-order valence-corrected chi connectivity index (χ0v) is 12.5. The molecule has 1 fully saturated rings. The molecule has 1 N–H and O–H groups in total. The van der Waals surface area contributed by atoms with Crippen LogP contribution in [0.1, 0.15) is 43.7 Å². The number of rotatable bonds is 3. The van der Waals surface area contributed by atoms with E-state index in [2.05, 4.69) is 5.10 Å². The minimum Gasteiger partial charge on any atom is -0.387 e. The highest BCUT2D eigenvalue weighted by Crippen LogP contribution is 2.23. The zero-order valence-electron chi connectivity index (χ0n) is 12.5. The van der Waals surface area contributed by atoms with E-state index >= 15 is 0 Å². The third-order valence-electron chi connectivity index (χ3n) is 4.43. The van der Waals surface area contributed by atoms with Crippen LogP contribution in [0.3, 0.4) is 0 Å². The quantitative estimate of drug-likeness (QED) is 0.906. The molecule has 2 aliphatic heterocycles. The van der Waals surface area contributed by atoms with Crippen molar-refractivity contribution in [3.63, 3.8) is 0 Å². The van der Waals surface area contributed by atoms with Crippen molar-refractivity contribution in [1.82, 2.24) is 14.7 Å². The SMILES string of the molecule is CC[C@H](O)c1cc2n(n1)CCN(C(=O)C1CCOCC1)C2. The van der Waals surface area contributed by atoms with Gasteiger partial charge in [0.2, 0.25) is 5.91 Å². The number of carbonyl (C=O) groups is 1. The van der Waals surface area contributed by atoms with E-state index in [0.717, 1.165) is 18.5 Å². The predicted octanol–water partition coefficient (Wildman–Crippen LogP) is 1.10. The summed E-state index contributed by atoms with van der Waals surface area (Å²) in [4.78, 5) is 14.5. The Labute approximate surface area is 124 Å². The van der Waals surface area contributed by atoms with Gasteiger partial charge >= 0.3 is 0 Å². The molecule has 0 bridgehead atoms. The summed E-state index contributed by atoms with van der Waals surface area (Å²) >= 11 is 0. The van der Waals surface area contributed by atoms with Crippen LogP contribution in [0, 0.1) is 5.92 Å². The summed E-state index contributed by atoms with van der Waals surface area (Å²) in [5, 5.41) is 14.3. The molecule has 0 aromatic carbocycles. The van der Waals surface area contributed by atoms with E-state index in [9.17, 15) is 9.90 Å². The number of hydrogen-bond donors (Lipinski definition) is 1. The van der Waals surface area contributed by atoms with Crippen LogP contribution in [0.25, 0.3) is 0 Å². The molecular formula is C15H23N3O3. The summed E-state index contributed by atoms with van der Waals surface area (Å²) in [5.74, 6) is 0.345. The first-order valence-electron chi connectivity index (χ1n) is 7.80. The van der Waals surface area contributed by atoms with Crippen molar-refractivity contribution in [2.75, 3.05) is 19.8 Å². The summed E-state index contributed by atoms with van der Waals surface area (Å²) < 4.78 is 7.24. The number of aromatic nitrogens is 2. The zero-order chi connectivity index (χ0) is 14.8. The number of aliphatic hydroxyl groups is 1. The Bertz CT molecular complexity index is 508. The number of amides is 1. The van der Waals surface area contributed by atoms with E-state index in [1.54, 1.807) is 0 Å². The predicted molar refractivity (Wildman–Crippen MR) is 76.4 cm³/mol. The molecule has 2 aliphatic rings. The van der Waals surface area contributed by atoms with Crippen LogP contribution in [0.5, 0.6) is 0 Å². The van der Waals surface area contributed by atoms with Crippen molar-refractivity contribution < 1.29 is 14.6 Å². The maximum atomic E-state index is 12.6. The van der Waals surface area contributed by atoms with Crippen molar-refractivity contribution in [3.8, 4) is 0 Å². The Morgan fingerprint density at radius 3 is 2.95 bits per heavy atom. The summed E-state index contributed by atoms with van der Waals surface area (Å²) in [6.45, 7) is 5.32. The second kappa shape index (κ2) is 6.15. The lowest BCUT2D eigenvalue weighted by molar-refractivity contribution is -0.140. The van der Waals surface area contributed by atoms with Gasteiger partial charge in [0.15, 0.2) is 0 Å². The molecule has 0 spiro atoms. The lowest BCUT2D eigenvalue weighted by Gasteiger charge is -2.32. The molecule has 116 valence electrons. The lowest BCUT2D eigenvalue weighted by atomic mass is 9.98. The molecule has 1 aromatic heterocycles. The Kier molecular flexibility index (Phi) is 4.26. The molecule has 6 nitrogen and oxygen atoms in total. The summed E-state index contributed by atoms with van der Waals surface area (Å²) in [5.41, 5.74) is 1.73. The maximum absolute atomic E-state index is 12.6. The topological polar surface area (TPSA) is 67.6 Å². The summed E-state index contributed by atoms with van der Waals surface area (Å²) in [7, 11) is 0. The number of aliphatic hydroxyl groups excluding tert-OH is 1. The van der Waals surface area contributed by atoms with Gasteiger partial charge in [0, 0.05) is 25.7 Å². The first-order chi connectivity index (χ1) is 10.2. The van der Waals surface area contributed by atoms with Crippen molar-refractivity contribution in [1.29, 1.82) is 0 Å². The van der Waals surface area contributed by atoms with Crippen LogP contribution in [0.4, 0.5) is 0 Å². The molecule has 3 heterocycles. The average Bonchev–Trinajstić information content (AvgIpc) is 2.97. The highest BCUT2D eigenvalue weighted by molar-refractivity contribution is 5.79. The molecule has 0 aliphatic carbocycles. The van der Waals surface area contributed by atoms with Crippen LogP contribution >= 0.6 is 0 Å². The fraction of sp³-hybridized carbons (Fsp3) is 0.733. The van der Waals surface area contributed by atoms with Crippen molar-refractivity contribution >= 4 is 5.91 Å². The van der Waals surface area contributed by atoms with Gasteiger partial charge in [0.25, 0.3) is 0 Å². The smallest absolute Gasteiger partial charge is 0.226 e. The molecule has 1 atom stereocenters. The summed E-state index contributed by atoms with van der Waals surface area (Å²) in [6, 6.07) is 1.93. The first kappa shape index (κ1) is 14.5. The van der Waals surface area contributed by atoms with Gasteiger partial charge in [-0.1, -0.05) is 6.92 Å². The van der Waals surface area contributed by atoms with Gasteiger partial charge < -0.3 is 14.7 Å². The van der Waals surface area contributed by atoms with Crippen LogP contribution in [-0.4, -0.2) is 45.5 Å². The molecule has 1 amide bonds. The molecular weight excluding hydrogens is 270 g/mol. The minimum atomic E-state index is -0.511. The normalized spacial score (nSPS) is 21.1. The van der Waals surface area contributed by atoms with Gasteiger partial charge in [-0.15, -0.1) is 0 Å². The Hall–Kier alpha value is -1.40. The second-order valence-corrected chi connectivity index (χ2v) is 5.85. The van der Waals surface area contributed by atoms with Gasteiger partial charge in [-0.3, -0.25) is 9.48 Å². The second-order valence-electron chi connectivity index (χ2n) is 5.85. The fourth-order valence-corrected chi connectivity index (χ4v) is 3.05. The third kappa shape index (κ3) is 2.96. The monoisotopic (exact) mass is 293 g/mol. The first-order valence-corrected chi connectivity index (χ1v) is 7.80. The molecule has 0 unspecified atom stereocenters. The maximum Gasteiger partial charge on any atom is 0.226 e. The van der Waals surface area contributed by atoms with Gasteiger partial charge in [0.1, 0.15) is 0 Å². The standard InChI is InChI=1S/C15H23N3O3/c1-2-14(19)13-9-12-10-17(5-6-18(12)16-13)15(20)11-3-7-21-8-4-11/h9,11,14,19H,2-8,10H2,1H3/t14-/m0/s1. The molecule has 1 saturated heterocycles. The highest BCUT2D eigenvalue weighted by atomic mass is 16.5. The number of nitrogens with zero attached hydrogens (tertiary/aromatic N) is 3. The fourth-order valence-electron chi connectivity index (χ4n) is 3.05. The lowest BCUT2D eigenvalue weighted by Crippen LogP contribution is -2.42. The van der Waals surface area contributed by atoms with Crippen LogP contribution in [0.15, 0.2) is 6.07 Å².